The molecular formula is C14H19N5. The zero-order valence-electron chi connectivity index (χ0n) is 11.6. The average Bonchev–Trinajstić information content (AvgIpc) is 2.89. The lowest BCUT2D eigenvalue weighted by Gasteiger charge is -2.36. The molecule has 0 amide bonds. The third-order valence-corrected chi connectivity index (χ3v) is 3.74. The Morgan fingerprint density at radius 3 is 2.89 bits per heavy atom. The number of imidazole rings is 1. The molecule has 1 aliphatic carbocycles. The minimum atomic E-state index is 0.259. The fourth-order valence-electron chi connectivity index (χ4n) is 2.81. The zero-order valence-corrected chi connectivity index (χ0v) is 11.6. The first-order chi connectivity index (χ1) is 9.09. The van der Waals surface area contributed by atoms with Crippen LogP contribution in [0.5, 0.6) is 0 Å². The van der Waals surface area contributed by atoms with E-state index in [0.717, 1.165) is 24.4 Å². The highest BCUT2D eigenvalue weighted by Gasteiger charge is 2.33. The second-order valence-corrected chi connectivity index (χ2v) is 5.92. The Bertz CT molecular complexity index is 574. The van der Waals surface area contributed by atoms with Crippen LogP contribution in [0.2, 0.25) is 0 Å². The zero-order chi connectivity index (χ0) is 13.5. The predicted molar refractivity (Wildman–Crippen MR) is 73.5 cm³/mol. The highest BCUT2D eigenvalue weighted by Crippen LogP contribution is 2.39. The lowest BCUT2D eigenvalue weighted by atomic mass is 9.74. The van der Waals surface area contributed by atoms with Crippen LogP contribution in [0.3, 0.4) is 0 Å². The van der Waals surface area contributed by atoms with E-state index in [2.05, 4.69) is 34.1 Å². The van der Waals surface area contributed by atoms with E-state index in [4.69, 9.17) is 4.98 Å². The number of aromatic amines is 1. The van der Waals surface area contributed by atoms with Crippen LogP contribution in [0.25, 0.3) is 11.6 Å². The normalized spacial score (nSPS) is 21.1. The molecule has 100 valence electrons. The molecule has 2 aromatic heterocycles. The minimum absolute atomic E-state index is 0.259. The molecule has 0 fully saturated rings. The molecule has 2 N–H and O–H groups in total. The number of nitrogens with one attached hydrogen (secondary N) is 2. The number of fused-ring (bicyclic) bond motifs is 1. The Morgan fingerprint density at radius 2 is 2.21 bits per heavy atom. The summed E-state index contributed by atoms with van der Waals surface area (Å²) in [4.78, 5) is 16.4. The van der Waals surface area contributed by atoms with E-state index in [1.165, 1.54) is 5.56 Å². The van der Waals surface area contributed by atoms with Crippen molar-refractivity contribution in [2.24, 2.45) is 5.41 Å². The van der Waals surface area contributed by atoms with Gasteiger partial charge in [-0.15, -0.1) is 0 Å². The Morgan fingerprint density at radius 1 is 1.37 bits per heavy atom. The smallest absolute Gasteiger partial charge is 0.195 e. The molecule has 5 nitrogen and oxygen atoms in total. The first kappa shape index (κ1) is 12.3. The number of H-pyrrole nitrogens is 1. The van der Waals surface area contributed by atoms with Crippen molar-refractivity contribution in [3.63, 3.8) is 0 Å². The number of rotatable bonds is 2. The maximum atomic E-state index is 4.70. The van der Waals surface area contributed by atoms with Gasteiger partial charge in [-0.05, 0) is 25.3 Å². The summed E-state index contributed by atoms with van der Waals surface area (Å²) < 4.78 is 0. The Balaban J connectivity index is 2.04. The maximum absolute atomic E-state index is 4.70. The predicted octanol–water partition coefficient (Wildman–Crippen LogP) is 2.10. The van der Waals surface area contributed by atoms with Crippen molar-refractivity contribution in [1.29, 1.82) is 0 Å². The van der Waals surface area contributed by atoms with Gasteiger partial charge in [-0.25, -0.2) is 15.0 Å². The second kappa shape index (κ2) is 4.42. The summed E-state index contributed by atoms with van der Waals surface area (Å²) in [5.74, 6) is 1.41. The van der Waals surface area contributed by atoms with Gasteiger partial charge in [0, 0.05) is 35.9 Å². The van der Waals surface area contributed by atoms with Gasteiger partial charge in [0.15, 0.2) is 11.6 Å². The summed E-state index contributed by atoms with van der Waals surface area (Å²) in [6, 6.07) is 0.337. The van der Waals surface area contributed by atoms with Crippen molar-refractivity contribution >= 4 is 0 Å². The molecule has 0 saturated carbocycles. The lowest BCUT2D eigenvalue weighted by Crippen LogP contribution is -2.32. The van der Waals surface area contributed by atoms with Crippen LogP contribution in [0.15, 0.2) is 18.6 Å². The average molecular weight is 257 g/mol. The summed E-state index contributed by atoms with van der Waals surface area (Å²) in [7, 11) is 2.00. The van der Waals surface area contributed by atoms with Crippen LogP contribution in [-0.2, 0) is 6.42 Å². The molecule has 0 spiro atoms. The van der Waals surface area contributed by atoms with Gasteiger partial charge in [0.1, 0.15) is 0 Å². The highest BCUT2D eigenvalue weighted by molar-refractivity contribution is 5.44. The molecule has 1 aliphatic rings. The summed E-state index contributed by atoms with van der Waals surface area (Å²) >= 11 is 0. The minimum Gasteiger partial charge on any atom is -0.342 e. The topological polar surface area (TPSA) is 66.5 Å². The molecule has 2 heterocycles. The van der Waals surface area contributed by atoms with Crippen LogP contribution in [0, 0.1) is 5.41 Å². The first-order valence-corrected chi connectivity index (χ1v) is 6.62. The van der Waals surface area contributed by atoms with Crippen LogP contribution >= 0.6 is 0 Å². The van der Waals surface area contributed by atoms with Crippen LogP contribution in [0.4, 0.5) is 0 Å². The van der Waals surface area contributed by atoms with Crippen molar-refractivity contribution in [2.75, 3.05) is 7.05 Å². The number of nitrogens with zero attached hydrogens (tertiary/aromatic N) is 3. The van der Waals surface area contributed by atoms with Gasteiger partial charge in [0.05, 0.1) is 0 Å². The monoisotopic (exact) mass is 257 g/mol. The molecule has 0 saturated heterocycles. The van der Waals surface area contributed by atoms with E-state index in [-0.39, 0.29) is 5.41 Å². The third-order valence-electron chi connectivity index (χ3n) is 3.74. The molecule has 0 aliphatic heterocycles. The lowest BCUT2D eigenvalue weighted by molar-refractivity contribution is 0.260. The van der Waals surface area contributed by atoms with Gasteiger partial charge in [0.2, 0.25) is 0 Å². The van der Waals surface area contributed by atoms with Gasteiger partial charge in [-0.3, -0.25) is 0 Å². The number of hydrogen-bond donors (Lipinski definition) is 2. The molecule has 1 unspecified atom stereocenters. The number of aromatic nitrogens is 4. The van der Waals surface area contributed by atoms with Gasteiger partial charge in [0.25, 0.3) is 0 Å². The van der Waals surface area contributed by atoms with E-state index >= 15 is 0 Å². The summed E-state index contributed by atoms with van der Waals surface area (Å²) in [5.41, 5.74) is 2.62. The SMILES string of the molecule is CNC1CC(C)(C)Cc2nc(-c3ncc[nH]3)ncc21. The molecule has 0 bridgehead atoms. The van der Waals surface area contributed by atoms with Gasteiger partial charge < -0.3 is 10.3 Å². The van der Waals surface area contributed by atoms with Crippen LogP contribution in [0.1, 0.15) is 37.6 Å². The van der Waals surface area contributed by atoms with Gasteiger partial charge >= 0.3 is 0 Å². The van der Waals surface area contributed by atoms with Crippen molar-refractivity contribution in [3.05, 3.63) is 29.8 Å². The number of hydrogen-bond acceptors (Lipinski definition) is 4. The summed E-state index contributed by atoms with van der Waals surface area (Å²) in [5, 5.41) is 3.37. The third kappa shape index (κ3) is 2.26. The van der Waals surface area contributed by atoms with E-state index in [1.807, 2.05) is 13.2 Å². The molecule has 5 heteroatoms. The van der Waals surface area contributed by atoms with E-state index in [1.54, 1.807) is 12.4 Å². The highest BCUT2D eigenvalue weighted by atomic mass is 15.0. The van der Waals surface area contributed by atoms with Gasteiger partial charge in [-0.1, -0.05) is 13.8 Å². The molecule has 2 aromatic rings. The molecule has 1 atom stereocenters. The second-order valence-electron chi connectivity index (χ2n) is 5.92. The standard InChI is InChI=1S/C14H19N5/c1-14(2)6-10(15-3)9-8-18-13(19-11(9)7-14)12-16-4-5-17-12/h4-5,8,10,15H,6-7H2,1-3H3,(H,16,17). The van der Waals surface area contributed by atoms with Crippen LogP contribution < -0.4 is 5.32 Å². The van der Waals surface area contributed by atoms with Crippen molar-refractivity contribution < 1.29 is 0 Å². The van der Waals surface area contributed by atoms with E-state index < -0.39 is 0 Å². The quantitative estimate of drug-likeness (QED) is 0.864. The summed E-state index contributed by atoms with van der Waals surface area (Å²) in [6.45, 7) is 4.57. The van der Waals surface area contributed by atoms with Crippen LogP contribution in [-0.4, -0.2) is 27.0 Å². The first-order valence-electron chi connectivity index (χ1n) is 6.62. The molecular weight excluding hydrogens is 238 g/mol. The molecule has 19 heavy (non-hydrogen) atoms. The fraction of sp³-hybridized carbons (Fsp3) is 0.500. The Labute approximate surface area is 112 Å². The van der Waals surface area contributed by atoms with Crippen molar-refractivity contribution in [3.8, 4) is 11.6 Å². The van der Waals surface area contributed by atoms with Gasteiger partial charge in [-0.2, -0.15) is 0 Å². The fourth-order valence-corrected chi connectivity index (χ4v) is 2.81. The van der Waals surface area contributed by atoms with Crippen molar-refractivity contribution in [2.45, 2.75) is 32.7 Å². The Hall–Kier alpha value is -1.75. The molecule has 0 radical (unpaired) electrons. The summed E-state index contributed by atoms with van der Waals surface area (Å²) in [6.07, 6.45) is 7.55. The molecule has 3 rings (SSSR count). The van der Waals surface area contributed by atoms with E-state index in [9.17, 15) is 0 Å². The largest absolute Gasteiger partial charge is 0.342 e. The maximum Gasteiger partial charge on any atom is 0.195 e. The molecule has 0 aromatic carbocycles. The van der Waals surface area contributed by atoms with E-state index in [0.29, 0.717) is 11.9 Å². The Kier molecular flexibility index (Phi) is 2.86. The van der Waals surface area contributed by atoms with Crippen molar-refractivity contribution in [1.82, 2.24) is 25.3 Å².